The van der Waals surface area contributed by atoms with Crippen molar-refractivity contribution in [3.63, 3.8) is 0 Å². The lowest BCUT2D eigenvalue weighted by Gasteiger charge is -2.06. The Hall–Kier alpha value is -2.03. The highest BCUT2D eigenvalue weighted by atomic mass is 15.1. The zero-order valence-corrected chi connectivity index (χ0v) is 9.07. The van der Waals surface area contributed by atoms with E-state index < -0.39 is 0 Å². The molecule has 0 amide bonds. The standard InChI is InChI=1S/C13H12N3/c1-10-3-2-6-16(10)9-11-4-5-12-8-14-15-13(12)7-11/h3-8H,9H2,1H3,(H,14,15). The van der Waals surface area contributed by atoms with Gasteiger partial charge in [0.05, 0.1) is 11.7 Å². The van der Waals surface area contributed by atoms with Crippen LogP contribution in [0, 0.1) is 13.0 Å². The van der Waals surface area contributed by atoms with Gasteiger partial charge >= 0.3 is 0 Å². The zero-order valence-electron chi connectivity index (χ0n) is 9.07. The lowest BCUT2D eigenvalue weighted by Crippen LogP contribution is -1.99. The summed E-state index contributed by atoms with van der Waals surface area (Å²) in [6.45, 7) is 2.97. The molecule has 3 heteroatoms. The maximum absolute atomic E-state index is 4.02. The molecule has 79 valence electrons. The lowest BCUT2D eigenvalue weighted by molar-refractivity contribution is 0.777. The number of hydrogen-bond donors (Lipinski definition) is 1. The number of benzene rings is 1. The third-order valence-corrected chi connectivity index (χ3v) is 2.83. The minimum atomic E-state index is 0.879. The van der Waals surface area contributed by atoms with Crippen LogP contribution in [0.15, 0.2) is 36.7 Å². The highest BCUT2D eigenvalue weighted by Crippen LogP contribution is 2.14. The number of nitrogens with zero attached hydrogens (tertiary/aromatic N) is 2. The van der Waals surface area contributed by atoms with Crippen LogP contribution in [0.25, 0.3) is 10.9 Å². The van der Waals surface area contributed by atoms with Gasteiger partial charge < -0.3 is 4.57 Å². The van der Waals surface area contributed by atoms with Crippen molar-refractivity contribution >= 4 is 10.9 Å². The van der Waals surface area contributed by atoms with E-state index in [1.165, 1.54) is 11.3 Å². The topological polar surface area (TPSA) is 33.6 Å². The summed E-state index contributed by atoms with van der Waals surface area (Å²) in [4.78, 5) is 0. The summed E-state index contributed by atoms with van der Waals surface area (Å²) >= 11 is 0. The van der Waals surface area contributed by atoms with E-state index in [-0.39, 0.29) is 0 Å². The van der Waals surface area contributed by atoms with Crippen LogP contribution in [0.2, 0.25) is 0 Å². The summed E-state index contributed by atoms with van der Waals surface area (Å²) in [7, 11) is 0. The molecule has 3 aromatic rings. The molecule has 0 atom stereocenters. The summed E-state index contributed by atoms with van der Waals surface area (Å²) in [6, 6.07) is 11.5. The minimum Gasteiger partial charge on any atom is -0.347 e. The fourth-order valence-electron chi connectivity index (χ4n) is 1.88. The maximum atomic E-state index is 4.02. The Labute approximate surface area is 93.7 Å². The molecule has 0 spiro atoms. The molecule has 1 N–H and O–H groups in total. The summed E-state index contributed by atoms with van der Waals surface area (Å²) < 4.78 is 2.18. The van der Waals surface area contributed by atoms with E-state index in [1.54, 1.807) is 0 Å². The van der Waals surface area contributed by atoms with Gasteiger partial charge in [-0.15, -0.1) is 0 Å². The highest BCUT2D eigenvalue weighted by molar-refractivity contribution is 5.78. The first kappa shape index (κ1) is 9.21. The molecule has 0 saturated carbocycles. The Morgan fingerprint density at radius 1 is 1.44 bits per heavy atom. The predicted octanol–water partition coefficient (Wildman–Crippen LogP) is 2.52. The summed E-state index contributed by atoms with van der Waals surface area (Å²) in [5.41, 5.74) is 3.58. The van der Waals surface area contributed by atoms with Gasteiger partial charge in [-0.2, -0.15) is 5.10 Å². The van der Waals surface area contributed by atoms with Crippen LogP contribution < -0.4 is 0 Å². The Morgan fingerprint density at radius 2 is 2.38 bits per heavy atom. The molecule has 0 bridgehead atoms. The smallest absolute Gasteiger partial charge is 0.0653 e. The van der Waals surface area contributed by atoms with E-state index in [1.807, 2.05) is 18.5 Å². The van der Waals surface area contributed by atoms with Gasteiger partial charge in [-0.05, 0) is 24.6 Å². The molecule has 1 radical (unpaired) electrons. The molecule has 2 aromatic heterocycles. The second-order valence-electron chi connectivity index (χ2n) is 4.00. The molecule has 0 saturated heterocycles. The van der Waals surface area contributed by atoms with E-state index in [4.69, 9.17) is 0 Å². The van der Waals surface area contributed by atoms with Gasteiger partial charge in [0.1, 0.15) is 0 Å². The zero-order chi connectivity index (χ0) is 11.0. The Balaban J connectivity index is 1.97. The molecule has 3 nitrogen and oxygen atoms in total. The van der Waals surface area contributed by atoms with E-state index in [0.717, 1.165) is 17.4 Å². The number of aromatic nitrogens is 3. The van der Waals surface area contributed by atoms with E-state index in [0.29, 0.717) is 0 Å². The van der Waals surface area contributed by atoms with Crippen molar-refractivity contribution in [3.05, 3.63) is 54.0 Å². The molecule has 1 aromatic carbocycles. The summed E-state index contributed by atoms with van der Waals surface area (Å²) in [5.74, 6) is 0. The van der Waals surface area contributed by atoms with Gasteiger partial charge in [0.15, 0.2) is 0 Å². The predicted molar refractivity (Wildman–Crippen MR) is 63.2 cm³/mol. The van der Waals surface area contributed by atoms with E-state index in [2.05, 4.69) is 46.0 Å². The first-order chi connectivity index (χ1) is 7.83. The van der Waals surface area contributed by atoms with Gasteiger partial charge in [-0.1, -0.05) is 12.1 Å². The van der Waals surface area contributed by atoms with Crippen molar-refractivity contribution < 1.29 is 0 Å². The Kier molecular flexibility index (Phi) is 2.03. The molecular weight excluding hydrogens is 198 g/mol. The second kappa shape index (κ2) is 3.52. The fourth-order valence-corrected chi connectivity index (χ4v) is 1.88. The molecular formula is C13H12N3. The van der Waals surface area contributed by atoms with E-state index in [9.17, 15) is 0 Å². The largest absolute Gasteiger partial charge is 0.347 e. The van der Waals surface area contributed by atoms with Crippen LogP contribution in [0.1, 0.15) is 11.3 Å². The van der Waals surface area contributed by atoms with Crippen LogP contribution in [0.3, 0.4) is 0 Å². The van der Waals surface area contributed by atoms with Crippen molar-refractivity contribution in [2.75, 3.05) is 0 Å². The number of aryl methyl sites for hydroxylation is 1. The molecule has 0 aliphatic rings. The molecule has 0 aliphatic heterocycles. The van der Waals surface area contributed by atoms with Gasteiger partial charge in [-0.3, -0.25) is 5.10 Å². The average Bonchev–Trinajstić information content (AvgIpc) is 2.88. The Bertz CT molecular complexity index is 619. The monoisotopic (exact) mass is 210 g/mol. The minimum absolute atomic E-state index is 0.879. The highest BCUT2D eigenvalue weighted by Gasteiger charge is 2.00. The molecule has 2 heterocycles. The fraction of sp³-hybridized carbons (Fsp3) is 0.154. The molecule has 16 heavy (non-hydrogen) atoms. The maximum Gasteiger partial charge on any atom is 0.0653 e. The number of H-pyrrole nitrogens is 1. The average molecular weight is 210 g/mol. The lowest BCUT2D eigenvalue weighted by atomic mass is 10.1. The van der Waals surface area contributed by atoms with E-state index >= 15 is 0 Å². The number of aromatic amines is 1. The second-order valence-corrected chi connectivity index (χ2v) is 4.00. The third kappa shape index (κ3) is 1.50. The van der Waals surface area contributed by atoms with Crippen molar-refractivity contribution in [2.24, 2.45) is 0 Å². The number of fused-ring (bicyclic) bond motifs is 1. The number of hydrogen-bond acceptors (Lipinski definition) is 1. The number of nitrogens with one attached hydrogen (secondary N) is 1. The van der Waals surface area contributed by atoms with Gasteiger partial charge in [0, 0.05) is 29.9 Å². The normalized spacial score (nSPS) is 11.1. The summed E-state index contributed by atoms with van der Waals surface area (Å²) in [5, 5.41) is 8.16. The summed E-state index contributed by atoms with van der Waals surface area (Å²) in [6.07, 6.45) is 3.82. The van der Waals surface area contributed by atoms with Crippen molar-refractivity contribution in [1.82, 2.24) is 14.8 Å². The van der Waals surface area contributed by atoms with Crippen LogP contribution in [0.5, 0.6) is 0 Å². The molecule has 0 aliphatic carbocycles. The first-order valence-electron chi connectivity index (χ1n) is 5.28. The van der Waals surface area contributed by atoms with Gasteiger partial charge in [-0.25, -0.2) is 0 Å². The quantitative estimate of drug-likeness (QED) is 0.692. The first-order valence-corrected chi connectivity index (χ1v) is 5.28. The van der Waals surface area contributed by atoms with Crippen LogP contribution in [0.4, 0.5) is 0 Å². The molecule has 0 fully saturated rings. The van der Waals surface area contributed by atoms with Gasteiger partial charge in [0.2, 0.25) is 0 Å². The van der Waals surface area contributed by atoms with Crippen LogP contribution in [-0.2, 0) is 6.54 Å². The third-order valence-electron chi connectivity index (χ3n) is 2.83. The molecule has 3 rings (SSSR count). The Morgan fingerprint density at radius 3 is 3.19 bits per heavy atom. The van der Waals surface area contributed by atoms with Crippen molar-refractivity contribution in [3.8, 4) is 0 Å². The van der Waals surface area contributed by atoms with Crippen molar-refractivity contribution in [1.29, 1.82) is 0 Å². The van der Waals surface area contributed by atoms with Crippen molar-refractivity contribution in [2.45, 2.75) is 13.5 Å². The van der Waals surface area contributed by atoms with Gasteiger partial charge in [0.25, 0.3) is 0 Å². The van der Waals surface area contributed by atoms with Crippen LogP contribution in [-0.4, -0.2) is 14.8 Å². The SMILES string of the molecule is Cc1c[c]cn1Cc1ccc2cn[nH]c2c1. The molecule has 0 unspecified atom stereocenters. The number of rotatable bonds is 2. The van der Waals surface area contributed by atoms with Crippen LogP contribution >= 0.6 is 0 Å².